The Bertz CT molecular complexity index is 406. The number of carbonyl (C=O) groups excluding carboxylic acids is 2. The summed E-state index contributed by atoms with van der Waals surface area (Å²) >= 11 is 0. The minimum Gasteiger partial charge on any atom is -0.445 e. The van der Waals surface area contributed by atoms with Gasteiger partial charge >= 0.3 is 6.09 Å². The molecule has 1 rings (SSSR count). The fourth-order valence-electron chi connectivity index (χ4n) is 1.36. The lowest BCUT2D eigenvalue weighted by atomic mass is 10.2. The van der Waals surface area contributed by atoms with E-state index >= 15 is 0 Å². The average Bonchev–Trinajstić information content (AvgIpc) is 2.43. The van der Waals surface area contributed by atoms with Crippen LogP contribution in [0, 0.1) is 0 Å². The first-order valence-electron chi connectivity index (χ1n) is 5.71. The number of hydrogen-bond donors (Lipinski definition) is 1. The molecular formula is C13H18N2O3. The molecule has 18 heavy (non-hydrogen) atoms. The van der Waals surface area contributed by atoms with E-state index in [1.807, 2.05) is 30.3 Å². The molecule has 0 heterocycles. The Kier molecular flexibility index (Phi) is 5.17. The summed E-state index contributed by atoms with van der Waals surface area (Å²) < 4.78 is 5.11. The quantitative estimate of drug-likeness (QED) is 0.878. The van der Waals surface area contributed by atoms with Crippen molar-refractivity contribution in [3.63, 3.8) is 0 Å². The molecule has 0 fully saturated rings. The summed E-state index contributed by atoms with van der Waals surface area (Å²) in [4.78, 5) is 24.3. The third-order valence-electron chi connectivity index (χ3n) is 2.70. The first-order chi connectivity index (χ1) is 8.56. The summed E-state index contributed by atoms with van der Waals surface area (Å²) in [5.41, 5.74) is 0.909. The minimum atomic E-state index is -0.557. The van der Waals surface area contributed by atoms with Gasteiger partial charge < -0.3 is 10.1 Å². The Labute approximate surface area is 107 Å². The fraction of sp³-hybridized carbons (Fsp3) is 0.385. The van der Waals surface area contributed by atoms with Gasteiger partial charge in [0.1, 0.15) is 12.6 Å². The highest BCUT2D eigenvalue weighted by atomic mass is 16.6. The minimum absolute atomic E-state index is 0.199. The lowest BCUT2D eigenvalue weighted by molar-refractivity contribution is -0.124. The second-order valence-corrected chi connectivity index (χ2v) is 3.94. The van der Waals surface area contributed by atoms with E-state index in [1.165, 1.54) is 19.0 Å². The van der Waals surface area contributed by atoms with Crippen molar-refractivity contribution in [1.82, 2.24) is 10.2 Å². The van der Waals surface area contributed by atoms with Gasteiger partial charge in [0, 0.05) is 14.1 Å². The molecule has 1 N–H and O–H groups in total. The number of rotatable bonds is 4. The monoisotopic (exact) mass is 250 g/mol. The summed E-state index contributed by atoms with van der Waals surface area (Å²) in [6.07, 6.45) is -0.519. The van der Waals surface area contributed by atoms with Gasteiger partial charge in [-0.15, -0.1) is 0 Å². The predicted molar refractivity (Wildman–Crippen MR) is 67.9 cm³/mol. The van der Waals surface area contributed by atoms with Crippen molar-refractivity contribution in [3.8, 4) is 0 Å². The number of hydrogen-bond acceptors (Lipinski definition) is 3. The van der Waals surface area contributed by atoms with Crippen LogP contribution in [0.4, 0.5) is 4.79 Å². The molecule has 0 aliphatic heterocycles. The Hall–Kier alpha value is -2.04. The lowest BCUT2D eigenvalue weighted by Crippen LogP contribution is -2.45. The number of nitrogens with one attached hydrogen (secondary N) is 1. The van der Waals surface area contributed by atoms with Crippen LogP contribution >= 0.6 is 0 Å². The van der Waals surface area contributed by atoms with Crippen LogP contribution in [0.3, 0.4) is 0 Å². The average molecular weight is 250 g/mol. The summed E-state index contributed by atoms with van der Waals surface area (Å²) in [5.74, 6) is -0.228. The van der Waals surface area contributed by atoms with Crippen molar-refractivity contribution >= 4 is 12.0 Å². The fourth-order valence-corrected chi connectivity index (χ4v) is 1.36. The Balaban J connectivity index is 2.48. The van der Waals surface area contributed by atoms with E-state index < -0.39 is 12.1 Å². The van der Waals surface area contributed by atoms with Crippen LogP contribution in [0.5, 0.6) is 0 Å². The van der Waals surface area contributed by atoms with Gasteiger partial charge in [0.15, 0.2) is 0 Å². The SMILES string of the molecule is CNC(=O)C(C)N(C)C(=O)OCc1ccccc1. The highest BCUT2D eigenvalue weighted by Crippen LogP contribution is 2.04. The Morgan fingerprint density at radius 2 is 1.94 bits per heavy atom. The number of likely N-dealkylation sites (N-methyl/N-ethyl adjacent to an activating group) is 2. The molecule has 98 valence electrons. The van der Waals surface area contributed by atoms with Crippen molar-refractivity contribution in [3.05, 3.63) is 35.9 Å². The first-order valence-corrected chi connectivity index (χ1v) is 5.71. The van der Waals surface area contributed by atoms with E-state index in [1.54, 1.807) is 6.92 Å². The van der Waals surface area contributed by atoms with E-state index in [0.717, 1.165) is 5.56 Å². The van der Waals surface area contributed by atoms with Gasteiger partial charge in [-0.2, -0.15) is 0 Å². The third kappa shape index (κ3) is 3.76. The van der Waals surface area contributed by atoms with Crippen LogP contribution in [0.25, 0.3) is 0 Å². The van der Waals surface area contributed by atoms with Crippen LogP contribution < -0.4 is 5.32 Å². The largest absolute Gasteiger partial charge is 0.445 e. The van der Waals surface area contributed by atoms with Gasteiger partial charge in [-0.1, -0.05) is 30.3 Å². The Morgan fingerprint density at radius 3 is 2.50 bits per heavy atom. The zero-order valence-corrected chi connectivity index (χ0v) is 10.8. The second-order valence-electron chi connectivity index (χ2n) is 3.94. The zero-order chi connectivity index (χ0) is 13.5. The van der Waals surface area contributed by atoms with Gasteiger partial charge in [0.2, 0.25) is 5.91 Å². The number of carbonyl (C=O) groups is 2. The molecule has 0 spiro atoms. The molecular weight excluding hydrogens is 232 g/mol. The molecule has 0 aliphatic carbocycles. The highest BCUT2D eigenvalue weighted by molar-refractivity contribution is 5.84. The van der Waals surface area contributed by atoms with E-state index in [2.05, 4.69) is 5.32 Å². The van der Waals surface area contributed by atoms with Crippen LogP contribution in [-0.4, -0.2) is 37.0 Å². The Morgan fingerprint density at radius 1 is 1.33 bits per heavy atom. The lowest BCUT2D eigenvalue weighted by Gasteiger charge is -2.22. The third-order valence-corrected chi connectivity index (χ3v) is 2.70. The van der Waals surface area contributed by atoms with Gasteiger partial charge in [-0.25, -0.2) is 4.79 Å². The maximum absolute atomic E-state index is 11.7. The standard InChI is InChI=1S/C13H18N2O3/c1-10(12(16)14-2)15(3)13(17)18-9-11-7-5-4-6-8-11/h4-8,10H,9H2,1-3H3,(H,14,16). The molecule has 1 aromatic rings. The normalized spacial score (nSPS) is 11.5. The molecule has 1 unspecified atom stereocenters. The van der Waals surface area contributed by atoms with Crippen molar-refractivity contribution in [2.45, 2.75) is 19.6 Å². The van der Waals surface area contributed by atoms with Gasteiger partial charge in [-0.05, 0) is 12.5 Å². The van der Waals surface area contributed by atoms with Crippen molar-refractivity contribution < 1.29 is 14.3 Å². The highest BCUT2D eigenvalue weighted by Gasteiger charge is 2.22. The van der Waals surface area contributed by atoms with Crippen molar-refractivity contribution in [2.24, 2.45) is 0 Å². The summed E-state index contributed by atoms with van der Waals surface area (Å²) in [7, 11) is 3.06. The van der Waals surface area contributed by atoms with Crippen LogP contribution in [0.15, 0.2) is 30.3 Å². The second kappa shape index (κ2) is 6.64. The zero-order valence-electron chi connectivity index (χ0n) is 10.8. The van der Waals surface area contributed by atoms with Crippen LogP contribution in [0.2, 0.25) is 0 Å². The van der Waals surface area contributed by atoms with E-state index in [9.17, 15) is 9.59 Å². The summed E-state index contributed by atoms with van der Waals surface area (Å²) in [5, 5.41) is 2.49. The summed E-state index contributed by atoms with van der Waals surface area (Å²) in [6.45, 7) is 1.84. The molecule has 0 saturated heterocycles. The molecule has 0 aromatic heterocycles. The maximum Gasteiger partial charge on any atom is 0.410 e. The number of amides is 2. The van der Waals surface area contributed by atoms with E-state index in [-0.39, 0.29) is 12.5 Å². The van der Waals surface area contributed by atoms with Crippen LogP contribution in [0.1, 0.15) is 12.5 Å². The molecule has 2 amide bonds. The molecule has 1 atom stereocenters. The smallest absolute Gasteiger partial charge is 0.410 e. The van der Waals surface area contributed by atoms with Crippen molar-refractivity contribution in [2.75, 3.05) is 14.1 Å². The van der Waals surface area contributed by atoms with Gasteiger partial charge in [0.05, 0.1) is 0 Å². The first kappa shape index (κ1) is 14.0. The van der Waals surface area contributed by atoms with E-state index in [4.69, 9.17) is 4.74 Å². The predicted octanol–water partition coefficient (Wildman–Crippen LogP) is 1.39. The van der Waals surface area contributed by atoms with E-state index in [0.29, 0.717) is 0 Å². The van der Waals surface area contributed by atoms with Crippen LogP contribution in [-0.2, 0) is 16.1 Å². The number of nitrogens with zero attached hydrogens (tertiary/aromatic N) is 1. The van der Waals surface area contributed by atoms with Gasteiger partial charge in [-0.3, -0.25) is 9.69 Å². The van der Waals surface area contributed by atoms with Gasteiger partial charge in [0.25, 0.3) is 0 Å². The molecule has 5 nitrogen and oxygen atoms in total. The molecule has 5 heteroatoms. The summed E-state index contributed by atoms with van der Waals surface area (Å²) in [6, 6.07) is 8.83. The number of benzene rings is 1. The van der Waals surface area contributed by atoms with Crippen molar-refractivity contribution in [1.29, 1.82) is 0 Å². The molecule has 0 bridgehead atoms. The molecule has 1 aromatic carbocycles. The topological polar surface area (TPSA) is 58.6 Å². The number of ether oxygens (including phenoxy) is 1. The molecule has 0 aliphatic rings. The molecule has 0 radical (unpaired) electrons. The molecule has 0 saturated carbocycles. The maximum atomic E-state index is 11.7.